The number of aromatic nitrogens is 1. The summed E-state index contributed by atoms with van der Waals surface area (Å²) in [6.45, 7) is 0.358. The van der Waals surface area contributed by atoms with Crippen LogP contribution >= 0.6 is 23.4 Å². The number of methoxy groups -OCH3 is 1. The Kier molecular flexibility index (Phi) is 7.78. The number of benzene rings is 2. The maximum atomic E-state index is 12.1. The van der Waals surface area contributed by atoms with Crippen LogP contribution in [0.15, 0.2) is 71.8 Å². The highest BCUT2D eigenvalue weighted by molar-refractivity contribution is 7.98. The van der Waals surface area contributed by atoms with Crippen LogP contribution in [0.25, 0.3) is 0 Å². The van der Waals surface area contributed by atoms with E-state index in [1.807, 2.05) is 54.6 Å². The van der Waals surface area contributed by atoms with E-state index in [-0.39, 0.29) is 12.5 Å². The van der Waals surface area contributed by atoms with E-state index in [4.69, 9.17) is 21.1 Å². The molecule has 3 rings (SSSR count). The molecule has 0 aliphatic carbocycles. The van der Waals surface area contributed by atoms with Crippen molar-refractivity contribution in [3.05, 3.63) is 83.1 Å². The van der Waals surface area contributed by atoms with Crippen LogP contribution in [0.2, 0.25) is 5.02 Å². The first-order valence-electron chi connectivity index (χ1n) is 8.99. The van der Waals surface area contributed by atoms with E-state index in [9.17, 15) is 4.79 Å². The van der Waals surface area contributed by atoms with Crippen LogP contribution in [0, 0.1) is 0 Å². The largest absolute Gasteiger partial charge is 0.491 e. The average Bonchev–Trinajstić information content (AvgIpc) is 2.76. The number of hydrogen-bond acceptors (Lipinski definition) is 5. The van der Waals surface area contributed by atoms with Gasteiger partial charge in [-0.2, -0.15) is 0 Å². The van der Waals surface area contributed by atoms with Gasteiger partial charge in [0.2, 0.25) is 0 Å². The third kappa shape index (κ3) is 6.69. The molecule has 5 nitrogen and oxygen atoms in total. The van der Waals surface area contributed by atoms with E-state index in [2.05, 4.69) is 10.3 Å². The summed E-state index contributed by atoms with van der Waals surface area (Å²) in [5.41, 5.74) is 1.86. The second-order valence-electron chi connectivity index (χ2n) is 6.12. The monoisotopic (exact) mass is 428 g/mol. The number of pyridine rings is 1. The predicted molar refractivity (Wildman–Crippen MR) is 116 cm³/mol. The van der Waals surface area contributed by atoms with Crippen molar-refractivity contribution < 1.29 is 14.3 Å². The summed E-state index contributed by atoms with van der Waals surface area (Å²) in [5, 5.41) is 3.54. The summed E-state index contributed by atoms with van der Waals surface area (Å²) < 4.78 is 11.0. The van der Waals surface area contributed by atoms with Gasteiger partial charge in [0.05, 0.1) is 19.0 Å². The van der Waals surface area contributed by atoms with Crippen LogP contribution in [0.1, 0.15) is 11.3 Å². The highest BCUT2D eigenvalue weighted by Gasteiger charge is 2.10. The molecule has 1 aromatic heterocycles. The molecule has 0 fully saturated rings. The molecule has 0 radical (unpaired) electrons. The smallest absolute Gasteiger partial charge is 0.258 e. The highest BCUT2D eigenvalue weighted by Crippen LogP contribution is 2.29. The van der Waals surface area contributed by atoms with E-state index in [1.54, 1.807) is 31.1 Å². The average molecular weight is 429 g/mol. The molecule has 3 aromatic rings. The van der Waals surface area contributed by atoms with Crippen molar-refractivity contribution >= 4 is 29.3 Å². The molecule has 1 N–H and O–H groups in total. The molecule has 0 saturated carbocycles. The number of hydrogen-bond donors (Lipinski definition) is 1. The lowest BCUT2D eigenvalue weighted by Crippen LogP contribution is -2.28. The molecule has 0 unspecified atom stereocenters. The third-order valence-electron chi connectivity index (χ3n) is 4.00. The molecule has 29 heavy (non-hydrogen) atoms. The molecule has 150 valence electrons. The molecule has 0 aliphatic rings. The van der Waals surface area contributed by atoms with Crippen LogP contribution in [-0.2, 0) is 17.1 Å². The minimum Gasteiger partial charge on any atom is -0.491 e. The standard InChI is InChI=1S/C22H21ClN2O3S/c1-27-21-13-24-18(15-29-19-9-7-17(23)8-10-19)11-20(21)28-14-22(26)25-12-16-5-3-2-4-6-16/h2-11,13H,12,14-15H2,1H3,(H,25,26). The number of halogens is 1. The van der Waals surface area contributed by atoms with Crippen molar-refractivity contribution in [3.8, 4) is 11.5 Å². The fraction of sp³-hybridized carbons (Fsp3) is 0.182. The fourth-order valence-electron chi connectivity index (χ4n) is 2.49. The normalized spacial score (nSPS) is 10.4. The lowest BCUT2D eigenvalue weighted by Gasteiger charge is -2.12. The quantitative estimate of drug-likeness (QED) is 0.499. The minimum absolute atomic E-state index is 0.100. The Labute approximate surface area is 179 Å². The van der Waals surface area contributed by atoms with Crippen molar-refractivity contribution in [3.63, 3.8) is 0 Å². The molecule has 1 heterocycles. The highest BCUT2D eigenvalue weighted by atomic mass is 35.5. The van der Waals surface area contributed by atoms with Gasteiger partial charge in [0.15, 0.2) is 18.1 Å². The summed E-state index contributed by atoms with van der Waals surface area (Å²) in [6.07, 6.45) is 1.61. The SMILES string of the molecule is COc1cnc(CSc2ccc(Cl)cc2)cc1OCC(=O)NCc1ccccc1. The van der Waals surface area contributed by atoms with E-state index in [1.165, 1.54) is 0 Å². The van der Waals surface area contributed by atoms with Crippen molar-refractivity contribution in [2.75, 3.05) is 13.7 Å². The first-order valence-corrected chi connectivity index (χ1v) is 10.3. The van der Waals surface area contributed by atoms with Gasteiger partial charge in [-0.1, -0.05) is 41.9 Å². The summed E-state index contributed by atoms with van der Waals surface area (Å²) in [4.78, 5) is 17.6. The molecule has 0 bridgehead atoms. The Hall–Kier alpha value is -2.70. The number of carbonyl (C=O) groups is 1. The molecule has 7 heteroatoms. The van der Waals surface area contributed by atoms with E-state index < -0.39 is 0 Å². The number of nitrogens with one attached hydrogen (secondary N) is 1. The van der Waals surface area contributed by atoms with Crippen molar-refractivity contribution in [1.29, 1.82) is 0 Å². The first kappa shape index (κ1) is 21.0. The molecule has 0 saturated heterocycles. The second kappa shape index (κ2) is 10.7. The van der Waals surface area contributed by atoms with Crippen molar-refractivity contribution in [2.24, 2.45) is 0 Å². The number of thioether (sulfide) groups is 1. The number of nitrogens with zero attached hydrogens (tertiary/aromatic N) is 1. The van der Waals surface area contributed by atoms with Gasteiger partial charge in [-0.25, -0.2) is 0 Å². The molecular weight excluding hydrogens is 408 g/mol. The van der Waals surface area contributed by atoms with Crippen molar-refractivity contribution in [2.45, 2.75) is 17.2 Å². The molecule has 0 atom stereocenters. The van der Waals surface area contributed by atoms with Crippen LogP contribution in [0.4, 0.5) is 0 Å². The summed E-state index contributed by atoms with van der Waals surface area (Å²) in [7, 11) is 1.54. The summed E-state index contributed by atoms with van der Waals surface area (Å²) >= 11 is 7.55. The van der Waals surface area contributed by atoms with E-state index in [0.29, 0.717) is 28.8 Å². The number of amides is 1. The molecule has 1 amide bonds. The zero-order chi connectivity index (χ0) is 20.5. The van der Waals surface area contributed by atoms with Gasteiger partial charge in [0.1, 0.15) is 0 Å². The first-order chi connectivity index (χ1) is 14.1. The lowest BCUT2D eigenvalue weighted by atomic mass is 10.2. The summed E-state index contributed by atoms with van der Waals surface area (Å²) in [6, 6.07) is 19.2. The Morgan fingerprint density at radius 3 is 2.59 bits per heavy atom. The lowest BCUT2D eigenvalue weighted by molar-refractivity contribution is -0.123. The molecular formula is C22H21ClN2O3S. The molecule has 0 spiro atoms. The minimum atomic E-state index is -0.204. The maximum Gasteiger partial charge on any atom is 0.258 e. The number of carbonyl (C=O) groups excluding carboxylic acids is 1. The van der Waals surface area contributed by atoms with E-state index >= 15 is 0 Å². The van der Waals surface area contributed by atoms with Gasteiger partial charge in [-0.05, 0) is 29.8 Å². The zero-order valence-corrected chi connectivity index (χ0v) is 17.5. The number of ether oxygens (including phenoxy) is 2. The number of rotatable bonds is 9. The Bertz CT molecular complexity index is 937. The fourth-order valence-corrected chi connectivity index (χ4v) is 3.42. The third-order valence-corrected chi connectivity index (χ3v) is 5.30. The van der Waals surface area contributed by atoms with E-state index in [0.717, 1.165) is 16.2 Å². The van der Waals surface area contributed by atoms with Crippen LogP contribution in [0.5, 0.6) is 11.5 Å². The van der Waals surface area contributed by atoms with Gasteiger partial charge in [-0.15, -0.1) is 11.8 Å². The van der Waals surface area contributed by atoms with Gasteiger partial charge < -0.3 is 14.8 Å². The summed E-state index contributed by atoms with van der Waals surface area (Å²) in [5.74, 6) is 1.43. The second-order valence-corrected chi connectivity index (χ2v) is 7.61. The van der Waals surface area contributed by atoms with Crippen LogP contribution < -0.4 is 14.8 Å². The topological polar surface area (TPSA) is 60.5 Å². The Morgan fingerprint density at radius 1 is 1.10 bits per heavy atom. The van der Waals surface area contributed by atoms with Gasteiger partial charge in [-0.3, -0.25) is 9.78 Å². The Morgan fingerprint density at radius 2 is 1.86 bits per heavy atom. The molecule has 0 aliphatic heterocycles. The van der Waals surface area contributed by atoms with Crippen molar-refractivity contribution in [1.82, 2.24) is 10.3 Å². The van der Waals surface area contributed by atoms with Crippen LogP contribution in [-0.4, -0.2) is 24.6 Å². The van der Waals surface area contributed by atoms with Crippen LogP contribution in [0.3, 0.4) is 0 Å². The zero-order valence-electron chi connectivity index (χ0n) is 15.9. The maximum absolute atomic E-state index is 12.1. The predicted octanol–water partition coefficient (Wildman–Crippen LogP) is 4.73. The molecule has 2 aromatic carbocycles. The van der Waals surface area contributed by atoms with Gasteiger partial charge in [0, 0.05) is 28.3 Å². The van der Waals surface area contributed by atoms with Gasteiger partial charge >= 0.3 is 0 Å². The Balaban J connectivity index is 1.55. The van der Waals surface area contributed by atoms with Gasteiger partial charge in [0.25, 0.3) is 5.91 Å².